The molecule has 0 saturated carbocycles. The lowest BCUT2D eigenvalue weighted by Crippen LogP contribution is -2.15. The highest BCUT2D eigenvalue weighted by Gasteiger charge is 2.14. The predicted molar refractivity (Wildman–Crippen MR) is 70.3 cm³/mol. The third-order valence-electron chi connectivity index (χ3n) is 3.07. The van der Waals surface area contributed by atoms with Crippen LogP contribution in [-0.4, -0.2) is 28.2 Å². The van der Waals surface area contributed by atoms with Crippen LogP contribution in [0.4, 0.5) is 0 Å². The second-order valence-electron chi connectivity index (χ2n) is 4.32. The summed E-state index contributed by atoms with van der Waals surface area (Å²) in [5.74, 6) is 2.33. The van der Waals surface area contributed by atoms with Crippen molar-refractivity contribution in [2.45, 2.75) is 0 Å². The molecule has 0 spiro atoms. The van der Waals surface area contributed by atoms with Crippen LogP contribution in [0.3, 0.4) is 0 Å². The maximum atomic E-state index is 5.58. The molecule has 94 valence electrons. The van der Waals surface area contributed by atoms with E-state index in [9.17, 15) is 0 Å². The van der Waals surface area contributed by atoms with Crippen molar-refractivity contribution in [2.24, 2.45) is 0 Å². The number of rotatable bonds is 1. The summed E-state index contributed by atoms with van der Waals surface area (Å²) >= 11 is 0. The maximum Gasteiger partial charge on any atom is 0.178 e. The van der Waals surface area contributed by atoms with Crippen molar-refractivity contribution in [3.05, 3.63) is 36.5 Å². The van der Waals surface area contributed by atoms with E-state index in [1.54, 1.807) is 6.20 Å². The second kappa shape index (κ2) is 3.98. The average Bonchev–Trinajstić information content (AvgIpc) is 2.90. The van der Waals surface area contributed by atoms with Crippen LogP contribution in [0.15, 0.2) is 36.5 Å². The summed E-state index contributed by atoms with van der Waals surface area (Å²) in [5.41, 5.74) is 2.60. The normalized spacial score (nSPS) is 13.7. The number of hydrogen-bond donors (Lipinski definition) is 1. The van der Waals surface area contributed by atoms with E-state index in [4.69, 9.17) is 9.47 Å². The predicted octanol–water partition coefficient (Wildman–Crippen LogP) is 2.40. The zero-order chi connectivity index (χ0) is 12.7. The van der Waals surface area contributed by atoms with Gasteiger partial charge in [0, 0.05) is 11.8 Å². The second-order valence-corrected chi connectivity index (χ2v) is 4.32. The Bertz CT molecular complexity index is 718. The first-order chi connectivity index (χ1) is 9.40. The molecule has 0 aliphatic carbocycles. The molecule has 5 nitrogen and oxygen atoms in total. The minimum atomic E-state index is 0.581. The standard InChI is InChI=1S/C14H11N3O2/c1-2-10-14(15-5-1)17-13(16-10)9-3-4-11-12(8-9)19-7-6-18-11/h1-5,8H,6-7H2,(H,15,16,17). The monoisotopic (exact) mass is 253 g/mol. The molecule has 2 aromatic heterocycles. The van der Waals surface area contributed by atoms with E-state index in [2.05, 4.69) is 15.0 Å². The molecule has 0 unspecified atom stereocenters. The number of fused-ring (bicyclic) bond motifs is 2. The van der Waals surface area contributed by atoms with Crippen molar-refractivity contribution in [3.63, 3.8) is 0 Å². The van der Waals surface area contributed by atoms with Gasteiger partial charge in [-0.3, -0.25) is 0 Å². The van der Waals surface area contributed by atoms with Crippen molar-refractivity contribution in [1.82, 2.24) is 15.0 Å². The largest absolute Gasteiger partial charge is 0.486 e. The van der Waals surface area contributed by atoms with E-state index in [1.165, 1.54) is 0 Å². The Labute approximate surface area is 109 Å². The van der Waals surface area contributed by atoms with Gasteiger partial charge in [-0.05, 0) is 30.3 Å². The SMILES string of the molecule is c1cnc2nc(-c3ccc4c(c3)OCCO4)[nH]c2c1. The minimum Gasteiger partial charge on any atom is -0.486 e. The number of imidazole rings is 1. The van der Waals surface area contributed by atoms with Crippen molar-refractivity contribution < 1.29 is 9.47 Å². The smallest absolute Gasteiger partial charge is 0.178 e. The van der Waals surface area contributed by atoms with Gasteiger partial charge in [-0.2, -0.15) is 0 Å². The number of nitrogens with one attached hydrogen (secondary N) is 1. The van der Waals surface area contributed by atoms with Crippen LogP contribution in [0.2, 0.25) is 0 Å². The minimum absolute atomic E-state index is 0.581. The van der Waals surface area contributed by atoms with Crippen LogP contribution < -0.4 is 9.47 Å². The topological polar surface area (TPSA) is 60.0 Å². The van der Waals surface area contributed by atoms with E-state index in [-0.39, 0.29) is 0 Å². The number of ether oxygens (including phenoxy) is 2. The Morgan fingerprint density at radius 1 is 1.05 bits per heavy atom. The van der Waals surface area contributed by atoms with E-state index < -0.39 is 0 Å². The van der Waals surface area contributed by atoms with Crippen LogP contribution >= 0.6 is 0 Å². The maximum absolute atomic E-state index is 5.58. The molecule has 5 heteroatoms. The quantitative estimate of drug-likeness (QED) is 0.723. The van der Waals surface area contributed by atoms with Gasteiger partial charge in [0.2, 0.25) is 0 Å². The van der Waals surface area contributed by atoms with Gasteiger partial charge >= 0.3 is 0 Å². The number of aromatic nitrogens is 3. The van der Waals surface area contributed by atoms with Crippen LogP contribution in [-0.2, 0) is 0 Å². The lowest BCUT2D eigenvalue weighted by atomic mass is 10.2. The Kier molecular flexibility index (Phi) is 2.17. The molecule has 1 aliphatic heterocycles. The lowest BCUT2D eigenvalue weighted by Gasteiger charge is -2.18. The van der Waals surface area contributed by atoms with E-state index in [0.29, 0.717) is 18.9 Å². The van der Waals surface area contributed by atoms with Gasteiger partial charge in [0.15, 0.2) is 17.1 Å². The summed E-state index contributed by atoms with van der Waals surface area (Å²) in [6, 6.07) is 9.65. The van der Waals surface area contributed by atoms with E-state index >= 15 is 0 Å². The summed E-state index contributed by atoms with van der Waals surface area (Å²) in [4.78, 5) is 11.9. The van der Waals surface area contributed by atoms with Crippen molar-refractivity contribution in [2.75, 3.05) is 13.2 Å². The molecule has 0 atom stereocenters. The van der Waals surface area contributed by atoms with Crippen molar-refractivity contribution in [3.8, 4) is 22.9 Å². The summed E-state index contributed by atoms with van der Waals surface area (Å²) in [7, 11) is 0. The summed E-state index contributed by atoms with van der Waals surface area (Å²) in [6.07, 6.45) is 1.73. The number of benzene rings is 1. The molecule has 0 radical (unpaired) electrons. The third-order valence-corrected chi connectivity index (χ3v) is 3.07. The molecule has 0 amide bonds. The van der Waals surface area contributed by atoms with Gasteiger partial charge in [0.1, 0.15) is 19.0 Å². The Morgan fingerprint density at radius 3 is 2.84 bits per heavy atom. The third kappa shape index (κ3) is 1.71. The molecule has 4 rings (SSSR count). The number of nitrogens with zero attached hydrogens (tertiary/aromatic N) is 2. The number of pyridine rings is 1. The Morgan fingerprint density at radius 2 is 1.95 bits per heavy atom. The zero-order valence-electron chi connectivity index (χ0n) is 10.1. The molecule has 0 bridgehead atoms. The van der Waals surface area contributed by atoms with Gasteiger partial charge in [0.05, 0.1) is 5.52 Å². The number of H-pyrrole nitrogens is 1. The molecule has 3 heterocycles. The average molecular weight is 253 g/mol. The highest BCUT2D eigenvalue weighted by Crippen LogP contribution is 2.33. The summed E-state index contributed by atoms with van der Waals surface area (Å²) in [6.45, 7) is 1.18. The molecular formula is C14H11N3O2. The fraction of sp³-hybridized carbons (Fsp3) is 0.143. The molecule has 0 fully saturated rings. The fourth-order valence-corrected chi connectivity index (χ4v) is 2.17. The first-order valence-electron chi connectivity index (χ1n) is 6.11. The highest BCUT2D eigenvalue weighted by atomic mass is 16.6. The van der Waals surface area contributed by atoms with Gasteiger partial charge in [-0.25, -0.2) is 9.97 Å². The van der Waals surface area contributed by atoms with Gasteiger partial charge in [-0.1, -0.05) is 0 Å². The van der Waals surface area contributed by atoms with Crippen LogP contribution in [0.1, 0.15) is 0 Å². The van der Waals surface area contributed by atoms with Gasteiger partial charge < -0.3 is 14.5 Å². The van der Waals surface area contributed by atoms with Crippen LogP contribution in [0.5, 0.6) is 11.5 Å². The molecule has 1 N–H and O–H groups in total. The van der Waals surface area contributed by atoms with Gasteiger partial charge in [-0.15, -0.1) is 0 Å². The molecule has 1 aromatic carbocycles. The first kappa shape index (κ1) is 10.4. The lowest BCUT2D eigenvalue weighted by molar-refractivity contribution is 0.171. The van der Waals surface area contributed by atoms with Crippen molar-refractivity contribution >= 4 is 11.2 Å². The molecular weight excluding hydrogens is 242 g/mol. The van der Waals surface area contributed by atoms with Gasteiger partial charge in [0.25, 0.3) is 0 Å². The molecule has 3 aromatic rings. The summed E-state index contributed by atoms with van der Waals surface area (Å²) in [5, 5.41) is 0. The molecule has 19 heavy (non-hydrogen) atoms. The number of hydrogen-bond acceptors (Lipinski definition) is 4. The van der Waals surface area contributed by atoms with Crippen molar-refractivity contribution in [1.29, 1.82) is 0 Å². The zero-order valence-corrected chi connectivity index (χ0v) is 10.1. The Balaban J connectivity index is 1.83. The van der Waals surface area contributed by atoms with E-state index in [0.717, 1.165) is 28.4 Å². The Hall–Kier alpha value is -2.56. The van der Waals surface area contributed by atoms with Crippen LogP contribution in [0, 0.1) is 0 Å². The summed E-state index contributed by atoms with van der Waals surface area (Å²) < 4.78 is 11.1. The van der Waals surface area contributed by atoms with E-state index in [1.807, 2.05) is 30.3 Å². The van der Waals surface area contributed by atoms with Crippen LogP contribution in [0.25, 0.3) is 22.6 Å². The number of aromatic amines is 1. The highest BCUT2D eigenvalue weighted by molar-refractivity contribution is 5.76. The molecule has 1 aliphatic rings. The first-order valence-corrected chi connectivity index (χ1v) is 6.11. The molecule has 0 saturated heterocycles. The fourth-order valence-electron chi connectivity index (χ4n) is 2.17.